The summed E-state index contributed by atoms with van der Waals surface area (Å²) in [6.45, 7) is 0. The van der Waals surface area contributed by atoms with Gasteiger partial charge < -0.3 is 21.7 Å². The van der Waals surface area contributed by atoms with E-state index in [0.29, 0.717) is 17.1 Å². The Bertz CT molecular complexity index is 637. The summed E-state index contributed by atoms with van der Waals surface area (Å²) in [6, 6.07) is 9.58. The van der Waals surface area contributed by atoms with Crippen molar-refractivity contribution in [2.75, 3.05) is 23.4 Å². The van der Waals surface area contributed by atoms with Crippen LogP contribution < -0.4 is 21.7 Å². The van der Waals surface area contributed by atoms with Gasteiger partial charge in [-0.15, -0.1) is 0 Å². The van der Waals surface area contributed by atoms with Gasteiger partial charge >= 0.3 is 6.03 Å². The zero-order chi connectivity index (χ0) is 15.2. The minimum absolute atomic E-state index is 0.275. The van der Waals surface area contributed by atoms with Crippen LogP contribution in [0.4, 0.5) is 21.9 Å². The fourth-order valence-electron chi connectivity index (χ4n) is 1.57. The Morgan fingerprint density at radius 3 is 2.14 bits per heavy atom. The Labute approximate surface area is 121 Å². The van der Waals surface area contributed by atoms with Crippen LogP contribution in [-0.4, -0.2) is 24.0 Å². The number of nitrogens with one attached hydrogen (secondary N) is 3. The van der Waals surface area contributed by atoms with E-state index in [1.54, 1.807) is 36.4 Å². The van der Waals surface area contributed by atoms with Crippen molar-refractivity contribution in [3.05, 3.63) is 48.3 Å². The van der Waals surface area contributed by atoms with Gasteiger partial charge in [-0.1, -0.05) is 0 Å². The Morgan fingerprint density at radius 1 is 1.00 bits per heavy atom. The first-order valence-electron chi connectivity index (χ1n) is 6.20. The van der Waals surface area contributed by atoms with E-state index in [1.807, 2.05) is 0 Å². The zero-order valence-electron chi connectivity index (χ0n) is 11.4. The molecule has 5 N–H and O–H groups in total. The van der Waals surface area contributed by atoms with Gasteiger partial charge in [0.15, 0.2) is 0 Å². The summed E-state index contributed by atoms with van der Waals surface area (Å²) in [4.78, 5) is 27.0. The van der Waals surface area contributed by atoms with E-state index in [0.717, 1.165) is 0 Å². The SMILES string of the molecule is CNC(=O)Nc1ccc(NC(=O)c2ccc(N)cn2)cc1. The highest BCUT2D eigenvalue weighted by Gasteiger charge is 2.07. The van der Waals surface area contributed by atoms with Crippen molar-refractivity contribution in [3.8, 4) is 0 Å². The standard InChI is InChI=1S/C14H15N5O2/c1-16-14(21)19-11-5-3-10(4-6-11)18-13(20)12-7-2-9(15)8-17-12/h2-8H,15H2,1H3,(H,18,20)(H2,16,19,21). The van der Waals surface area contributed by atoms with Crippen LogP contribution in [0.3, 0.4) is 0 Å². The van der Waals surface area contributed by atoms with Gasteiger partial charge in [0.25, 0.3) is 5.91 Å². The maximum absolute atomic E-state index is 11.9. The van der Waals surface area contributed by atoms with Crippen LogP contribution in [0.5, 0.6) is 0 Å². The summed E-state index contributed by atoms with van der Waals surface area (Å²) in [6.07, 6.45) is 1.42. The van der Waals surface area contributed by atoms with Crippen LogP contribution >= 0.6 is 0 Å². The molecule has 108 valence electrons. The second-order valence-corrected chi connectivity index (χ2v) is 4.21. The number of nitrogens with zero attached hydrogens (tertiary/aromatic N) is 1. The summed E-state index contributed by atoms with van der Waals surface area (Å²) in [5.74, 6) is -0.331. The monoisotopic (exact) mass is 285 g/mol. The first-order valence-corrected chi connectivity index (χ1v) is 6.20. The van der Waals surface area contributed by atoms with Crippen LogP contribution in [0.25, 0.3) is 0 Å². The number of hydrogen-bond acceptors (Lipinski definition) is 4. The molecule has 0 spiro atoms. The molecule has 7 nitrogen and oxygen atoms in total. The van der Waals surface area contributed by atoms with Gasteiger partial charge in [0, 0.05) is 18.4 Å². The van der Waals surface area contributed by atoms with Crippen LogP contribution in [0.15, 0.2) is 42.6 Å². The number of benzene rings is 1. The Balaban J connectivity index is 2.01. The number of nitrogen functional groups attached to an aromatic ring is 1. The molecular weight excluding hydrogens is 270 g/mol. The maximum atomic E-state index is 11.9. The number of nitrogens with two attached hydrogens (primary N) is 1. The second-order valence-electron chi connectivity index (χ2n) is 4.21. The van der Waals surface area contributed by atoms with E-state index in [9.17, 15) is 9.59 Å². The Morgan fingerprint density at radius 2 is 1.62 bits per heavy atom. The molecule has 2 aromatic rings. The molecular formula is C14H15N5O2. The predicted molar refractivity (Wildman–Crippen MR) is 81.1 cm³/mol. The van der Waals surface area contributed by atoms with E-state index in [2.05, 4.69) is 20.9 Å². The summed E-state index contributed by atoms with van der Waals surface area (Å²) in [5.41, 5.74) is 7.51. The third-order valence-corrected chi connectivity index (χ3v) is 2.65. The van der Waals surface area contributed by atoms with Gasteiger partial charge in [-0.2, -0.15) is 0 Å². The van der Waals surface area contributed by atoms with Gasteiger partial charge in [0.1, 0.15) is 5.69 Å². The first-order chi connectivity index (χ1) is 10.1. The van der Waals surface area contributed by atoms with Gasteiger partial charge in [-0.25, -0.2) is 9.78 Å². The summed E-state index contributed by atoms with van der Waals surface area (Å²) >= 11 is 0. The number of hydrogen-bond donors (Lipinski definition) is 4. The maximum Gasteiger partial charge on any atom is 0.318 e. The number of anilines is 3. The van der Waals surface area contributed by atoms with Crippen molar-refractivity contribution in [1.29, 1.82) is 0 Å². The normalized spacial score (nSPS) is 9.76. The average molecular weight is 285 g/mol. The molecule has 0 atom stereocenters. The third-order valence-electron chi connectivity index (χ3n) is 2.65. The fourth-order valence-corrected chi connectivity index (χ4v) is 1.57. The molecule has 0 bridgehead atoms. The summed E-state index contributed by atoms with van der Waals surface area (Å²) < 4.78 is 0. The molecule has 0 radical (unpaired) electrons. The van der Waals surface area contributed by atoms with E-state index in [1.165, 1.54) is 13.2 Å². The molecule has 0 aliphatic heterocycles. The molecule has 7 heteroatoms. The van der Waals surface area contributed by atoms with Crippen molar-refractivity contribution < 1.29 is 9.59 Å². The zero-order valence-corrected chi connectivity index (χ0v) is 11.4. The molecule has 0 saturated carbocycles. The van der Waals surface area contributed by atoms with E-state index < -0.39 is 0 Å². The number of urea groups is 1. The number of aromatic nitrogens is 1. The lowest BCUT2D eigenvalue weighted by Crippen LogP contribution is -2.24. The van der Waals surface area contributed by atoms with Gasteiger partial charge in [-0.3, -0.25) is 4.79 Å². The molecule has 3 amide bonds. The minimum Gasteiger partial charge on any atom is -0.397 e. The molecule has 0 saturated heterocycles. The van der Waals surface area contributed by atoms with Gasteiger partial charge in [0.2, 0.25) is 0 Å². The lowest BCUT2D eigenvalue weighted by atomic mass is 10.2. The minimum atomic E-state index is -0.331. The molecule has 21 heavy (non-hydrogen) atoms. The molecule has 0 unspecified atom stereocenters. The molecule has 2 rings (SSSR count). The molecule has 1 aromatic carbocycles. The van der Waals surface area contributed by atoms with Crippen molar-refractivity contribution in [3.63, 3.8) is 0 Å². The van der Waals surface area contributed by atoms with Crippen molar-refractivity contribution in [2.45, 2.75) is 0 Å². The van der Waals surface area contributed by atoms with Crippen molar-refractivity contribution in [2.24, 2.45) is 0 Å². The van der Waals surface area contributed by atoms with E-state index >= 15 is 0 Å². The summed E-state index contributed by atoms with van der Waals surface area (Å²) in [7, 11) is 1.53. The molecule has 0 fully saturated rings. The second kappa shape index (κ2) is 6.38. The quantitative estimate of drug-likeness (QED) is 0.687. The van der Waals surface area contributed by atoms with Crippen LogP contribution in [0.1, 0.15) is 10.5 Å². The topological polar surface area (TPSA) is 109 Å². The highest BCUT2D eigenvalue weighted by molar-refractivity contribution is 6.03. The van der Waals surface area contributed by atoms with E-state index in [-0.39, 0.29) is 17.6 Å². The van der Waals surface area contributed by atoms with E-state index in [4.69, 9.17) is 5.73 Å². The van der Waals surface area contributed by atoms with Crippen molar-refractivity contribution in [1.82, 2.24) is 10.3 Å². The van der Waals surface area contributed by atoms with Crippen molar-refractivity contribution >= 4 is 29.0 Å². The highest BCUT2D eigenvalue weighted by atomic mass is 16.2. The van der Waals surface area contributed by atoms with Gasteiger partial charge in [0.05, 0.1) is 11.9 Å². The fraction of sp³-hybridized carbons (Fsp3) is 0.0714. The smallest absolute Gasteiger partial charge is 0.318 e. The number of amides is 3. The number of rotatable bonds is 3. The Hall–Kier alpha value is -3.09. The molecule has 1 aromatic heterocycles. The van der Waals surface area contributed by atoms with Crippen LogP contribution in [-0.2, 0) is 0 Å². The molecule has 1 heterocycles. The van der Waals surface area contributed by atoms with Gasteiger partial charge in [-0.05, 0) is 36.4 Å². The average Bonchev–Trinajstić information content (AvgIpc) is 2.49. The predicted octanol–water partition coefficient (Wildman–Crippen LogP) is 1.67. The Kier molecular flexibility index (Phi) is 4.35. The largest absolute Gasteiger partial charge is 0.397 e. The summed E-state index contributed by atoms with van der Waals surface area (Å²) in [5, 5.41) is 7.77. The third kappa shape index (κ3) is 3.93. The molecule has 0 aliphatic carbocycles. The molecule has 0 aliphatic rings. The van der Waals surface area contributed by atoms with Crippen LogP contribution in [0.2, 0.25) is 0 Å². The van der Waals surface area contributed by atoms with Crippen LogP contribution in [0, 0.1) is 0 Å². The number of pyridine rings is 1. The lowest BCUT2D eigenvalue weighted by Gasteiger charge is -2.07. The highest BCUT2D eigenvalue weighted by Crippen LogP contribution is 2.14. The first kappa shape index (κ1) is 14.3. The number of carbonyl (C=O) groups is 2. The number of carbonyl (C=O) groups excluding carboxylic acids is 2. The lowest BCUT2D eigenvalue weighted by molar-refractivity contribution is 0.102.